The summed E-state index contributed by atoms with van der Waals surface area (Å²) in [6.07, 6.45) is 2.09. The fourth-order valence-corrected chi connectivity index (χ4v) is 2.04. The molecule has 0 saturated carbocycles. The Bertz CT molecular complexity index is 433. The average Bonchev–Trinajstić information content (AvgIpc) is 2.37. The number of nitrogens with two attached hydrogens (primary N) is 1. The van der Waals surface area contributed by atoms with Gasteiger partial charge in [-0.05, 0) is 42.9 Å². The van der Waals surface area contributed by atoms with E-state index in [0.717, 1.165) is 18.4 Å². The highest BCUT2D eigenvalue weighted by Gasteiger charge is 2.18. The van der Waals surface area contributed by atoms with E-state index in [9.17, 15) is 15.0 Å². The Kier molecular flexibility index (Phi) is 5.63. The predicted octanol–water partition coefficient (Wildman–Crippen LogP) is 1.72. The van der Waals surface area contributed by atoms with Gasteiger partial charge in [0.15, 0.2) is 11.5 Å². The van der Waals surface area contributed by atoms with Crippen molar-refractivity contribution < 1.29 is 20.1 Å². The van der Waals surface area contributed by atoms with Gasteiger partial charge in [-0.1, -0.05) is 13.0 Å². The van der Waals surface area contributed by atoms with Gasteiger partial charge in [0.1, 0.15) is 0 Å². The van der Waals surface area contributed by atoms with Crippen molar-refractivity contribution in [3.8, 4) is 11.5 Å². The third-order valence-electron chi connectivity index (χ3n) is 3.29. The summed E-state index contributed by atoms with van der Waals surface area (Å²) in [7, 11) is 0. The summed E-state index contributed by atoms with van der Waals surface area (Å²) in [6.45, 7) is 2.14. The number of benzene rings is 1. The van der Waals surface area contributed by atoms with Crippen LogP contribution in [0.15, 0.2) is 18.2 Å². The highest BCUT2D eigenvalue weighted by Crippen LogP contribution is 2.26. The van der Waals surface area contributed by atoms with Crippen molar-refractivity contribution >= 4 is 5.97 Å². The van der Waals surface area contributed by atoms with Crippen molar-refractivity contribution in [2.24, 2.45) is 17.6 Å². The van der Waals surface area contributed by atoms with E-state index in [0.29, 0.717) is 6.42 Å². The van der Waals surface area contributed by atoms with E-state index in [-0.39, 0.29) is 24.0 Å². The molecular weight excluding hydrogens is 246 g/mol. The van der Waals surface area contributed by atoms with E-state index in [1.807, 2.05) is 6.92 Å². The fourth-order valence-electron chi connectivity index (χ4n) is 2.04. The first-order valence-corrected chi connectivity index (χ1v) is 6.37. The fraction of sp³-hybridized carbons (Fsp3) is 0.500. The van der Waals surface area contributed by atoms with Crippen LogP contribution in [0.5, 0.6) is 11.5 Å². The minimum Gasteiger partial charge on any atom is -0.504 e. The summed E-state index contributed by atoms with van der Waals surface area (Å²) in [5, 5.41) is 27.5. The number of rotatable bonds is 7. The van der Waals surface area contributed by atoms with Gasteiger partial charge < -0.3 is 21.1 Å². The predicted molar refractivity (Wildman–Crippen MR) is 72.1 cm³/mol. The molecule has 19 heavy (non-hydrogen) atoms. The number of hydrogen-bond acceptors (Lipinski definition) is 4. The molecule has 0 bridgehead atoms. The molecule has 5 N–H and O–H groups in total. The summed E-state index contributed by atoms with van der Waals surface area (Å²) in [6, 6.07) is 4.73. The van der Waals surface area contributed by atoms with E-state index in [1.54, 1.807) is 6.07 Å². The van der Waals surface area contributed by atoms with Gasteiger partial charge in [-0.15, -0.1) is 0 Å². The van der Waals surface area contributed by atoms with Gasteiger partial charge in [-0.2, -0.15) is 0 Å². The molecule has 5 nitrogen and oxygen atoms in total. The molecule has 2 unspecified atom stereocenters. The number of aryl methyl sites for hydroxylation is 1. The van der Waals surface area contributed by atoms with Crippen LogP contribution < -0.4 is 5.73 Å². The third kappa shape index (κ3) is 4.79. The Morgan fingerprint density at radius 1 is 1.32 bits per heavy atom. The van der Waals surface area contributed by atoms with Crippen molar-refractivity contribution in [2.45, 2.75) is 26.2 Å². The van der Waals surface area contributed by atoms with E-state index in [4.69, 9.17) is 10.8 Å². The molecule has 0 aliphatic carbocycles. The number of carboxylic acid groups (broad SMARTS) is 1. The second-order valence-corrected chi connectivity index (χ2v) is 4.97. The number of aromatic hydroxyl groups is 2. The first kappa shape index (κ1) is 15.3. The van der Waals surface area contributed by atoms with Crippen LogP contribution in [-0.4, -0.2) is 27.8 Å². The van der Waals surface area contributed by atoms with Crippen LogP contribution >= 0.6 is 0 Å². The maximum Gasteiger partial charge on any atom is 0.307 e. The molecule has 0 amide bonds. The summed E-state index contributed by atoms with van der Waals surface area (Å²) >= 11 is 0. The van der Waals surface area contributed by atoms with E-state index in [2.05, 4.69) is 0 Å². The van der Waals surface area contributed by atoms with Crippen molar-refractivity contribution in [1.82, 2.24) is 0 Å². The number of phenols is 2. The zero-order valence-corrected chi connectivity index (χ0v) is 11.0. The Morgan fingerprint density at radius 3 is 2.53 bits per heavy atom. The number of phenolic OH excluding ortho intramolecular Hbond substituents is 2. The zero-order valence-electron chi connectivity index (χ0n) is 11.0. The van der Waals surface area contributed by atoms with Crippen LogP contribution in [0.4, 0.5) is 0 Å². The molecule has 2 atom stereocenters. The largest absolute Gasteiger partial charge is 0.504 e. The molecular formula is C14H21NO4. The number of carboxylic acids is 1. The Balaban J connectivity index is 2.47. The second kappa shape index (κ2) is 6.99. The Hall–Kier alpha value is -1.75. The van der Waals surface area contributed by atoms with Crippen LogP contribution in [0.3, 0.4) is 0 Å². The molecule has 0 aromatic heterocycles. The van der Waals surface area contributed by atoms with E-state index < -0.39 is 11.9 Å². The number of aliphatic carboxylic acids is 1. The Morgan fingerprint density at radius 2 is 2.00 bits per heavy atom. The van der Waals surface area contributed by atoms with Crippen LogP contribution in [0.1, 0.15) is 25.3 Å². The minimum atomic E-state index is -0.850. The lowest BCUT2D eigenvalue weighted by atomic mass is 9.91. The van der Waals surface area contributed by atoms with Gasteiger partial charge in [0.2, 0.25) is 0 Å². The lowest BCUT2D eigenvalue weighted by molar-refractivity contribution is -0.141. The van der Waals surface area contributed by atoms with Gasteiger partial charge >= 0.3 is 5.97 Å². The molecule has 1 aromatic rings. The van der Waals surface area contributed by atoms with Gasteiger partial charge in [-0.3, -0.25) is 4.79 Å². The molecule has 5 heteroatoms. The standard InChI is InChI=1S/C14H21NO4/c1-9(6-11(8-15)14(18)19)2-3-10-4-5-12(16)13(17)7-10/h4-5,7,9,11,16-17H,2-3,6,8,15H2,1H3,(H,18,19). The van der Waals surface area contributed by atoms with Crippen LogP contribution in [0, 0.1) is 11.8 Å². The molecule has 106 valence electrons. The van der Waals surface area contributed by atoms with Gasteiger partial charge in [0.25, 0.3) is 0 Å². The molecule has 0 saturated heterocycles. The SMILES string of the molecule is CC(CCc1ccc(O)c(O)c1)CC(CN)C(=O)O. The Labute approximate surface area is 112 Å². The third-order valence-corrected chi connectivity index (χ3v) is 3.29. The van der Waals surface area contributed by atoms with E-state index >= 15 is 0 Å². The van der Waals surface area contributed by atoms with Gasteiger partial charge in [0.05, 0.1) is 5.92 Å². The number of hydrogen-bond donors (Lipinski definition) is 4. The van der Waals surface area contributed by atoms with Crippen LogP contribution in [0.2, 0.25) is 0 Å². The summed E-state index contributed by atoms with van der Waals surface area (Å²) < 4.78 is 0. The molecule has 1 rings (SSSR count). The monoisotopic (exact) mass is 267 g/mol. The topological polar surface area (TPSA) is 104 Å². The second-order valence-electron chi connectivity index (χ2n) is 4.97. The summed E-state index contributed by atoms with van der Waals surface area (Å²) in [5.74, 6) is -1.37. The molecule has 0 spiro atoms. The van der Waals surface area contributed by atoms with Crippen molar-refractivity contribution in [3.05, 3.63) is 23.8 Å². The number of carbonyl (C=O) groups is 1. The summed E-state index contributed by atoms with van der Waals surface area (Å²) in [4.78, 5) is 10.9. The van der Waals surface area contributed by atoms with Gasteiger partial charge in [-0.25, -0.2) is 0 Å². The zero-order chi connectivity index (χ0) is 14.4. The first-order chi connectivity index (χ1) is 8.93. The van der Waals surface area contributed by atoms with E-state index in [1.165, 1.54) is 12.1 Å². The van der Waals surface area contributed by atoms with Crippen molar-refractivity contribution in [3.63, 3.8) is 0 Å². The van der Waals surface area contributed by atoms with Crippen LogP contribution in [0.25, 0.3) is 0 Å². The molecule has 0 aliphatic heterocycles. The maximum absolute atomic E-state index is 10.9. The average molecular weight is 267 g/mol. The lowest BCUT2D eigenvalue weighted by Gasteiger charge is -2.16. The highest BCUT2D eigenvalue weighted by molar-refractivity contribution is 5.70. The minimum absolute atomic E-state index is 0.129. The first-order valence-electron chi connectivity index (χ1n) is 6.37. The molecule has 1 aromatic carbocycles. The summed E-state index contributed by atoms with van der Waals surface area (Å²) in [5.41, 5.74) is 6.34. The molecule has 0 fully saturated rings. The normalized spacial score (nSPS) is 14.0. The molecule has 0 radical (unpaired) electrons. The highest BCUT2D eigenvalue weighted by atomic mass is 16.4. The molecule has 0 heterocycles. The van der Waals surface area contributed by atoms with Crippen LogP contribution in [-0.2, 0) is 11.2 Å². The maximum atomic E-state index is 10.9. The van der Waals surface area contributed by atoms with Crippen molar-refractivity contribution in [1.29, 1.82) is 0 Å². The van der Waals surface area contributed by atoms with Crippen molar-refractivity contribution in [2.75, 3.05) is 6.54 Å². The smallest absolute Gasteiger partial charge is 0.307 e. The lowest BCUT2D eigenvalue weighted by Crippen LogP contribution is -2.25. The van der Waals surface area contributed by atoms with Gasteiger partial charge in [0, 0.05) is 6.54 Å². The quantitative estimate of drug-likeness (QED) is 0.563. The molecule has 0 aliphatic rings.